The molecule has 0 bridgehead atoms. The van der Waals surface area contributed by atoms with E-state index in [4.69, 9.17) is 5.73 Å². The van der Waals surface area contributed by atoms with Crippen molar-refractivity contribution in [3.63, 3.8) is 0 Å². The predicted octanol–water partition coefficient (Wildman–Crippen LogP) is 1.96. The summed E-state index contributed by atoms with van der Waals surface area (Å²) in [4.78, 5) is 14.2. The first-order chi connectivity index (χ1) is 8.53. The molecule has 2 rings (SSSR count). The molecular weight excluding hydrogens is 226 g/mol. The third-order valence-corrected chi connectivity index (χ3v) is 3.58. The van der Waals surface area contributed by atoms with Gasteiger partial charge < -0.3 is 16.0 Å². The summed E-state index contributed by atoms with van der Waals surface area (Å²) in [5, 5.41) is 2.97. The van der Waals surface area contributed by atoms with Crippen LogP contribution in [0.1, 0.15) is 25.7 Å². The number of rotatable bonds is 3. The number of anilines is 2. The Morgan fingerprint density at radius 3 is 2.50 bits per heavy atom. The molecule has 0 heterocycles. The van der Waals surface area contributed by atoms with Gasteiger partial charge in [-0.1, -0.05) is 25.0 Å². The van der Waals surface area contributed by atoms with Crippen molar-refractivity contribution in [1.82, 2.24) is 0 Å². The second kappa shape index (κ2) is 4.98. The molecule has 0 aliphatic heterocycles. The van der Waals surface area contributed by atoms with Gasteiger partial charge in [-0.25, -0.2) is 0 Å². The first-order valence-electron chi connectivity index (χ1n) is 6.40. The van der Waals surface area contributed by atoms with Crippen LogP contribution < -0.4 is 16.0 Å². The van der Waals surface area contributed by atoms with Crippen LogP contribution in [0.4, 0.5) is 11.4 Å². The topological polar surface area (TPSA) is 58.4 Å². The van der Waals surface area contributed by atoms with Crippen molar-refractivity contribution in [2.45, 2.75) is 31.2 Å². The SMILES string of the molecule is CN(C)c1ccccc1NC(=O)C1(N)CCCC1. The fourth-order valence-electron chi connectivity index (χ4n) is 2.45. The molecule has 18 heavy (non-hydrogen) atoms. The number of nitrogens with two attached hydrogens (primary N) is 1. The summed E-state index contributed by atoms with van der Waals surface area (Å²) in [7, 11) is 3.91. The first-order valence-corrected chi connectivity index (χ1v) is 6.40. The molecule has 0 radical (unpaired) electrons. The average molecular weight is 247 g/mol. The Hall–Kier alpha value is -1.55. The van der Waals surface area contributed by atoms with Crippen LogP contribution in [0.3, 0.4) is 0 Å². The van der Waals surface area contributed by atoms with Gasteiger partial charge in [-0.15, -0.1) is 0 Å². The van der Waals surface area contributed by atoms with Crippen molar-refractivity contribution < 1.29 is 4.79 Å². The summed E-state index contributed by atoms with van der Waals surface area (Å²) in [6.45, 7) is 0. The van der Waals surface area contributed by atoms with Gasteiger partial charge in [-0.05, 0) is 25.0 Å². The van der Waals surface area contributed by atoms with Crippen LogP contribution in [0.5, 0.6) is 0 Å². The van der Waals surface area contributed by atoms with E-state index in [-0.39, 0.29) is 5.91 Å². The largest absolute Gasteiger partial charge is 0.376 e. The maximum absolute atomic E-state index is 12.3. The second-order valence-corrected chi connectivity index (χ2v) is 5.23. The molecule has 1 aromatic rings. The van der Waals surface area contributed by atoms with Gasteiger partial charge in [0.1, 0.15) is 0 Å². The van der Waals surface area contributed by atoms with E-state index in [1.165, 1.54) is 0 Å². The van der Waals surface area contributed by atoms with E-state index in [1.807, 2.05) is 43.3 Å². The highest BCUT2D eigenvalue weighted by Crippen LogP contribution is 2.30. The van der Waals surface area contributed by atoms with Crippen molar-refractivity contribution in [3.8, 4) is 0 Å². The molecule has 4 heteroatoms. The number of amides is 1. The quantitative estimate of drug-likeness (QED) is 0.858. The number of para-hydroxylation sites is 2. The molecule has 0 unspecified atom stereocenters. The summed E-state index contributed by atoms with van der Waals surface area (Å²) in [5.41, 5.74) is 7.29. The number of nitrogens with one attached hydrogen (secondary N) is 1. The molecule has 0 aromatic heterocycles. The molecule has 4 nitrogen and oxygen atoms in total. The van der Waals surface area contributed by atoms with Gasteiger partial charge in [-0.3, -0.25) is 4.79 Å². The lowest BCUT2D eigenvalue weighted by Gasteiger charge is -2.24. The maximum atomic E-state index is 12.3. The van der Waals surface area contributed by atoms with Crippen molar-refractivity contribution in [2.24, 2.45) is 5.73 Å². The molecule has 3 N–H and O–H groups in total. The molecule has 98 valence electrons. The van der Waals surface area contributed by atoms with Crippen LogP contribution >= 0.6 is 0 Å². The third-order valence-electron chi connectivity index (χ3n) is 3.58. The monoisotopic (exact) mass is 247 g/mol. The van der Waals surface area contributed by atoms with Gasteiger partial charge in [-0.2, -0.15) is 0 Å². The van der Waals surface area contributed by atoms with Crippen LogP contribution in [0.15, 0.2) is 24.3 Å². The molecular formula is C14H21N3O. The lowest BCUT2D eigenvalue weighted by molar-refractivity contribution is -0.120. The van der Waals surface area contributed by atoms with E-state index in [1.54, 1.807) is 0 Å². The van der Waals surface area contributed by atoms with Gasteiger partial charge in [0.25, 0.3) is 0 Å². The van der Waals surface area contributed by atoms with Crippen molar-refractivity contribution >= 4 is 17.3 Å². The zero-order valence-corrected chi connectivity index (χ0v) is 11.1. The summed E-state index contributed by atoms with van der Waals surface area (Å²) in [5.74, 6) is -0.0608. The lowest BCUT2D eigenvalue weighted by atomic mass is 9.98. The first kappa shape index (κ1) is 12.9. The number of hydrogen-bond acceptors (Lipinski definition) is 3. The Bertz CT molecular complexity index is 436. The van der Waals surface area contributed by atoms with Crippen molar-refractivity contribution in [1.29, 1.82) is 0 Å². The Balaban J connectivity index is 2.16. The maximum Gasteiger partial charge on any atom is 0.244 e. The molecule has 1 fully saturated rings. The molecule has 1 saturated carbocycles. The van der Waals surface area contributed by atoms with Gasteiger partial charge in [0, 0.05) is 14.1 Å². The van der Waals surface area contributed by atoms with E-state index < -0.39 is 5.54 Å². The van der Waals surface area contributed by atoms with Crippen LogP contribution in [-0.2, 0) is 4.79 Å². The Morgan fingerprint density at radius 1 is 1.28 bits per heavy atom. The highest BCUT2D eigenvalue weighted by atomic mass is 16.2. The third kappa shape index (κ3) is 2.48. The van der Waals surface area contributed by atoms with Crippen molar-refractivity contribution in [2.75, 3.05) is 24.3 Å². The number of nitrogens with zero attached hydrogens (tertiary/aromatic N) is 1. The molecule has 1 aliphatic carbocycles. The number of benzene rings is 1. The van der Waals surface area contributed by atoms with Gasteiger partial charge >= 0.3 is 0 Å². The molecule has 1 aliphatic rings. The summed E-state index contributed by atoms with van der Waals surface area (Å²) >= 11 is 0. The Morgan fingerprint density at radius 2 is 1.89 bits per heavy atom. The summed E-state index contributed by atoms with van der Waals surface area (Å²) in [6.07, 6.45) is 3.64. The van der Waals surface area contributed by atoms with Crippen LogP contribution in [0, 0.1) is 0 Å². The minimum Gasteiger partial charge on any atom is -0.376 e. The van der Waals surface area contributed by atoms with E-state index in [2.05, 4.69) is 5.32 Å². The fraction of sp³-hybridized carbons (Fsp3) is 0.500. The van der Waals surface area contributed by atoms with E-state index in [9.17, 15) is 4.79 Å². The standard InChI is InChI=1S/C14H21N3O/c1-17(2)12-8-4-3-7-11(12)16-13(18)14(15)9-5-6-10-14/h3-4,7-8H,5-6,9-10,15H2,1-2H3,(H,16,18). The summed E-state index contributed by atoms with van der Waals surface area (Å²) < 4.78 is 0. The van der Waals surface area contributed by atoms with Crippen LogP contribution in [0.2, 0.25) is 0 Å². The van der Waals surface area contributed by atoms with Crippen LogP contribution in [-0.4, -0.2) is 25.5 Å². The van der Waals surface area contributed by atoms with E-state index in [0.717, 1.165) is 37.1 Å². The molecule has 0 atom stereocenters. The predicted molar refractivity (Wildman–Crippen MR) is 74.8 cm³/mol. The van der Waals surface area contributed by atoms with Gasteiger partial charge in [0.2, 0.25) is 5.91 Å². The minimum absolute atomic E-state index is 0.0608. The number of carbonyl (C=O) groups is 1. The molecule has 0 spiro atoms. The normalized spacial score (nSPS) is 17.5. The Kier molecular flexibility index (Phi) is 3.57. The zero-order chi connectivity index (χ0) is 13.2. The second-order valence-electron chi connectivity index (χ2n) is 5.23. The fourth-order valence-corrected chi connectivity index (χ4v) is 2.45. The van der Waals surface area contributed by atoms with Gasteiger partial charge in [0.05, 0.1) is 16.9 Å². The van der Waals surface area contributed by atoms with E-state index >= 15 is 0 Å². The van der Waals surface area contributed by atoms with Crippen molar-refractivity contribution in [3.05, 3.63) is 24.3 Å². The van der Waals surface area contributed by atoms with Crippen LogP contribution in [0.25, 0.3) is 0 Å². The summed E-state index contributed by atoms with van der Waals surface area (Å²) in [6, 6.07) is 7.76. The average Bonchev–Trinajstić information content (AvgIpc) is 2.78. The minimum atomic E-state index is -0.681. The zero-order valence-electron chi connectivity index (χ0n) is 11.1. The van der Waals surface area contributed by atoms with E-state index in [0.29, 0.717) is 0 Å². The molecule has 0 saturated heterocycles. The highest BCUT2D eigenvalue weighted by Gasteiger charge is 2.37. The molecule has 1 aromatic carbocycles. The number of hydrogen-bond donors (Lipinski definition) is 2. The molecule has 1 amide bonds. The Labute approximate surface area is 108 Å². The lowest BCUT2D eigenvalue weighted by Crippen LogP contribution is -2.48. The number of carbonyl (C=O) groups excluding carboxylic acids is 1. The highest BCUT2D eigenvalue weighted by molar-refractivity contribution is 6.00. The smallest absolute Gasteiger partial charge is 0.244 e. The van der Waals surface area contributed by atoms with Gasteiger partial charge in [0.15, 0.2) is 0 Å².